The molecule has 0 bridgehead atoms. The molecule has 2 aromatic heterocycles. The second-order valence-electron chi connectivity index (χ2n) is 8.57. The van der Waals surface area contributed by atoms with Crippen LogP contribution in [0.4, 0.5) is 5.95 Å². The van der Waals surface area contributed by atoms with Gasteiger partial charge >= 0.3 is 11.1 Å². The fraction of sp³-hybridized carbons (Fsp3) is 0.435. The van der Waals surface area contributed by atoms with Crippen molar-refractivity contribution < 1.29 is 0 Å². The van der Waals surface area contributed by atoms with Gasteiger partial charge < -0.3 is 4.90 Å². The summed E-state index contributed by atoms with van der Waals surface area (Å²) in [5, 5.41) is 4.67. The van der Waals surface area contributed by atoms with Crippen LogP contribution in [0.15, 0.2) is 46.2 Å². The van der Waals surface area contributed by atoms with E-state index < -0.39 is 11.1 Å². The summed E-state index contributed by atoms with van der Waals surface area (Å²) < 4.78 is 2.92. The van der Waals surface area contributed by atoms with Crippen molar-refractivity contribution in [3.8, 4) is 0 Å². The number of nitrogens with zero attached hydrogens (tertiary/aromatic N) is 6. The van der Waals surface area contributed by atoms with Gasteiger partial charge in [0.25, 0.3) is 0 Å². The van der Waals surface area contributed by atoms with E-state index in [1.165, 1.54) is 4.68 Å². The smallest absolute Gasteiger partial charge is 0.332 e. The minimum atomic E-state index is -0.557. The van der Waals surface area contributed by atoms with Crippen molar-refractivity contribution in [3.63, 3.8) is 0 Å². The molecule has 1 aromatic carbocycles. The van der Waals surface area contributed by atoms with Gasteiger partial charge in [-0.05, 0) is 36.8 Å². The predicted molar refractivity (Wildman–Crippen MR) is 118 cm³/mol. The topological polar surface area (TPSA) is 85.9 Å². The molecule has 5 rings (SSSR count). The summed E-state index contributed by atoms with van der Waals surface area (Å²) in [5.41, 5.74) is 2.18. The van der Waals surface area contributed by atoms with Crippen molar-refractivity contribution in [1.82, 2.24) is 24.3 Å². The molecule has 0 spiro atoms. The molecule has 3 aromatic rings. The molecule has 0 saturated carbocycles. The zero-order valence-corrected chi connectivity index (χ0v) is 17.9. The Morgan fingerprint density at radius 1 is 1.00 bits per heavy atom. The first-order valence-corrected chi connectivity index (χ1v) is 10.9. The molecular formula is C23H26N6O2. The summed E-state index contributed by atoms with van der Waals surface area (Å²) in [5.74, 6) is 1.81. The van der Waals surface area contributed by atoms with Gasteiger partial charge in [0.15, 0.2) is 0 Å². The molecule has 0 radical (unpaired) electrons. The minimum absolute atomic E-state index is 0.0840. The van der Waals surface area contributed by atoms with Gasteiger partial charge in [-0.15, -0.1) is 0 Å². The zero-order chi connectivity index (χ0) is 21.5. The molecule has 1 fully saturated rings. The number of fused-ring (bicyclic) bond motifs is 3. The lowest BCUT2D eigenvalue weighted by atomic mass is 9.88. The van der Waals surface area contributed by atoms with E-state index in [4.69, 9.17) is 0 Å². The first kappa shape index (κ1) is 19.7. The van der Waals surface area contributed by atoms with E-state index in [2.05, 4.69) is 26.9 Å². The molecule has 160 valence electrons. The van der Waals surface area contributed by atoms with E-state index in [0.29, 0.717) is 37.3 Å². The van der Waals surface area contributed by atoms with Crippen LogP contribution in [-0.2, 0) is 19.5 Å². The fourth-order valence-corrected chi connectivity index (χ4v) is 4.60. The molecule has 2 atom stereocenters. The van der Waals surface area contributed by atoms with Crippen LogP contribution in [-0.4, -0.2) is 37.4 Å². The summed E-state index contributed by atoms with van der Waals surface area (Å²) in [6.45, 7) is 6.50. The highest BCUT2D eigenvalue weighted by molar-refractivity contribution is 5.33. The standard InChI is InChI=1S/C23H26N6O2/c1-3-16-10-24-23(25-11-16)27-9-8-18-13-28-20(19(18)14-27)26-29(22(31)21(28)30)12-17-6-4-15(2)5-7-17/h4-7,10-11,18-19H,3,8-9,12-14H2,1-2H3. The lowest BCUT2D eigenvalue weighted by Gasteiger charge is -2.34. The molecule has 2 unspecified atom stereocenters. The van der Waals surface area contributed by atoms with Crippen LogP contribution in [0.3, 0.4) is 0 Å². The van der Waals surface area contributed by atoms with Gasteiger partial charge in [0.05, 0.1) is 6.54 Å². The van der Waals surface area contributed by atoms with Gasteiger partial charge in [-0.25, -0.2) is 14.6 Å². The molecule has 0 amide bonds. The molecule has 31 heavy (non-hydrogen) atoms. The quantitative estimate of drug-likeness (QED) is 0.600. The summed E-state index contributed by atoms with van der Waals surface area (Å²) in [6.07, 6.45) is 5.57. The van der Waals surface area contributed by atoms with Gasteiger partial charge in [0.2, 0.25) is 5.95 Å². The number of hydrogen-bond donors (Lipinski definition) is 0. The first-order valence-electron chi connectivity index (χ1n) is 10.9. The lowest BCUT2D eigenvalue weighted by Crippen LogP contribution is -2.44. The Hall–Kier alpha value is -3.29. The van der Waals surface area contributed by atoms with E-state index in [-0.39, 0.29) is 5.92 Å². The molecule has 4 heterocycles. The number of aryl methyl sites for hydroxylation is 2. The summed E-state index contributed by atoms with van der Waals surface area (Å²) >= 11 is 0. The number of hydrogen-bond acceptors (Lipinski definition) is 6. The highest BCUT2D eigenvalue weighted by Crippen LogP contribution is 2.37. The van der Waals surface area contributed by atoms with Crippen LogP contribution in [0.2, 0.25) is 0 Å². The Balaban J connectivity index is 1.45. The first-order chi connectivity index (χ1) is 15.0. The van der Waals surface area contributed by atoms with Gasteiger partial charge in [0, 0.05) is 37.9 Å². The average molecular weight is 419 g/mol. The Labute approximate surface area is 180 Å². The Bertz CT molecular complexity index is 1210. The molecule has 0 aliphatic carbocycles. The Morgan fingerprint density at radius 3 is 2.45 bits per heavy atom. The van der Waals surface area contributed by atoms with Gasteiger partial charge in [0.1, 0.15) is 5.82 Å². The second kappa shape index (κ2) is 7.76. The number of benzene rings is 1. The van der Waals surface area contributed by atoms with Gasteiger partial charge in [-0.3, -0.25) is 14.2 Å². The fourth-order valence-electron chi connectivity index (χ4n) is 4.60. The maximum atomic E-state index is 12.8. The third-order valence-corrected chi connectivity index (χ3v) is 6.50. The largest absolute Gasteiger partial charge is 0.340 e. The lowest BCUT2D eigenvalue weighted by molar-refractivity contribution is 0.360. The molecule has 2 aliphatic rings. The molecule has 8 nitrogen and oxygen atoms in total. The third kappa shape index (κ3) is 3.56. The van der Waals surface area contributed by atoms with Gasteiger partial charge in [-0.2, -0.15) is 5.10 Å². The monoisotopic (exact) mass is 418 g/mol. The third-order valence-electron chi connectivity index (χ3n) is 6.50. The van der Waals surface area contributed by atoms with Crippen LogP contribution in [0.1, 0.15) is 41.8 Å². The van der Waals surface area contributed by atoms with Crippen molar-refractivity contribution >= 4 is 5.95 Å². The summed E-state index contributed by atoms with van der Waals surface area (Å²) in [6, 6.07) is 7.94. The normalized spacial score (nSPS) is 19.9. The summed E-state index contributed by atoms with van der Waals surface area (Å²) in [4.78, 5) is 36.7. The Kier molecular flexibility index (Phi) is 4.92. The van der Waals surface area contributed by atoms with Crippen LogP contribution in [0.25, 0.3) is 0 Å². The van der Waals surface area contributed by atoms with Crippen LogP contribution in [0.5, 0.6) is 0 Å². The van der Waals surface area contributed by atoms with E-state index >= 15 is 0 Å². The van der Waals surface area contributed by atoms with Crippen LogP contribution >= 0.6 is 0 Å². The number of aromatic nitrogens is 5. The van der Waals surface area contributed by atoms with Crippen molar-refractivity contribution in [2.75, 3.05) is 18.0 Å². The average Bonchev–Trinajstić information content (AvgIpc) is 3.17. The second-order valence-corrected chi connectivity index (χ2v) is 8.57. The van der Waals surface area contributed by atoms with E-state index in [1.54, 1.807) is 4.57 Å². The highest BCUT2D eigenvalue weighted by Gasteiger charge is 2.40. The predicted octanol–water partition coefficient (Wildman–Crippen LogP) is 1.74. The van der Waals surface area contributed by atoms with Crippen molar-refractivity contribution in [2.24, 2.45) is 5.92 Å². The van der Waals surface area contributed by atoms with E-state index in [0.717, 1.165) is 36.1 Å². The molecular weight excluding hydrogens is 392 g/mol. The van der Waals surface area contributed by atoms with E-state index in [1.807, 2.05) is 43.6 Å². The highest BCUT2D eigenvalue weighted by atomic mass is 16.2. The number of rotatable bonds is 4. The van der Waals surface area contributed by atoms with Crippen molar-refractivity contribution in [3.05, 3.63) is 79.9 Å². The number of anilines is 1. The van der Waals surface area contributed by atoms with Crippen LogP contribution in [0, 0.1) is 12.8 Å². The van der Waals surface area contributed by atoms with Crippen molar-refractivity contribution in [1.29, 1.82) is 0 Å². The molecule has 0 N–H and O–H groups in total. The van der Waals surface area contributed by atoms with E-state index in [9.17, 15) is 9.59 Å². The molecule has 2 aliphatic heterocycles. The van der Waals surface area contributed by atoms with Crippen LogP contribution < -0.4 is 16.0 Å². The SMILES string of the molecule is CCc1cnc(N2CCC3Cn4c(nn(Cc5ccc(C)cc5)c(=O)c4=O)C3C2)nc1. The maximum absolute atomic E-state index is 12.8. The minimum Gasteiger partial charge on any atom is -0.340 e. The van der Waals surface area contributed by atoms with Gasteiger partial charge in [-0.1, -0.05) is 36.8 Å². The zero-order valence-electron chi connectivity index (χ0n) is 17.9. The maximum Gasteiger partial charge on any atom is 0.332 e. The molecule has 1 saturated heterocycles. The number of piperidine rings is 1. The molecule has 8 heteroatoms. The summed E-state index contributed by atoms with van der Waals surface area (Å²) in [7, 11) is 0. The Morgan fingerprint density at radius 2 is 1.74 bits per heavy atom. The van der Waals surface area contributed by atoms with Crippen molar-refractivity contribution in [2.45, 2.75) is 45.7 Å².